The molecule has 2 N–H and O–H groups in total. The highest BCUT2D eigenvalue weighted by atomic mass is 19.1. The largest absolute Gasteiger partial charge is 0.486 e. The minimum absolute atomic E-state index is 0.0922. The second-order valence-electron chi connectivity index (χ2n) is 9.48. The summed E-state index contributed by atoms with van der Waals surface area (Å²) in [6.45, 7) is -0.601. The number of aliphatic hydroxyl groups excluding tert-OH is 1. The van der Waals surface area contributed by atoms with Crippen molar-refractivity contribution in [2.45, 2.75) is 18.7 Å². The van der Waals surface area contributed by atoms with Crippen LogP contribution in [0.15, 0.2) is 71.9 Å². The zero-order valence-electron chi connectivity index (χ0n) is 22.1. The summed E-state index contributed by atoms with van der Waals surface area (Å²) in [5.41, 5.74) is 3.06. The number of carbonyl (C=O) groups is 1. The van der Waals surface area contributed by atoms with Gasteiger partial charge in [0.15, 0.2) is 12.0 Å². The molecule has 5 rings (SSSR count). The molecule has 11 nitrogen and oxygen atoms in total. The van der Waals surface area contributed by atoms with Crippen molar-refractivity contribution in [1.82, 2.24) is 24.4 Å². The van der Waals surface area contributed by atoms with Gasteiger partial charge in [-0.15, -0.1) is 0 Å². The first-order valence-electron chi connectivity index (χ1n) is 12.8. The van der Waals surface area contributed by atoms with Gasteiger partial charge in [0, 0.05) is 43.5 Å². The van der Waals surface area contributed by atoms with Gasteiger partial charge in [0.25, 0.3) is 5.56 Å². The highest BCUT2D eigenvalue weighted by Crippen LogP contribution is 2.29. The van der Waals surface area contributed by atoms with Gasteiger partial charge in [-0.2, -0.15) is 10.2 Å². The summed E-state index contributed by atoms with van der Waals surface area (Å²) in [4.78, 5) is 37.7. The van der Waals surface area contributed by atoms with E-state index in [1.807, 2.05) is 30.3 Å². The summed E-state index contributed by atoms with van der Waals surface area (Å²) < 4.78 is 22.0. The van der Waals surface area contributed by atoms with E-state index in [9.17, 15) is 19.2 Å². The first-order chi connectivity index (χ1) is 19.8. The third-order valence-electron chi connectivity index (χ3n) is 6.76. The zero-order valence-corrected chi connectivity index (χ0v) is 22.1. The molecule has 0 bridgehead atoms. The van der Waals surface area contributed by atoms with E-state index in [1.165, 1.54) is 15.8 Å². The fourth-order valence-electron chi connectivity index (χ4n) is 4.46. The van der Waals surface area contributed by atoms with Crippen LogP contribution in [-0.4, -0.2) is 67.4 Å². The molecule has 2 atom stereocenters. The molecular weight excluding hydrogens is 529 g/mol. The van der Waals surface area contributed by atoms with E-state index in [0.717, 1.165) is 16.8 Å². The van der Waals surface area contributed by atoms with Crippen LogP contribution in [0.2, 0.25) is 0 Å². The first-order valence-corrected chi connectivity index (χ1v) is 12.8. The maximum Gasteiger partial charge on any atom is 0.250 e. The van der Waals surface area contributed by atoms with Crippen LogP contribution < -0.4 is 15.6 Å². The van der Waals surface area contributed by atoms with Crippen molar-refractivity contribution in [3.05, 3.63) is 83.0 Å². The second kappa shape index (κ2) is 11.9. The molecule has 208 valence electrons. The fraction of sp³-hybridized carbons (Fsp3) is 0.241. The van der Waals surface area contributed by atoms with E-state index in [2.05, 4.69) is 26.3 Å². The van der Waals surface area contributed by atoms with Crippen molar-refractivity contribution in [3.8, 4) is 34.3 Å². The molecule has 0 aliphatic carbocycles. The Labute approximate surface area is 234 Å². The molecule has 1 aliphatic heterocycles. The summed E-state index contributed by atoms with van der Waals surface area (Å²) >= 11 is 0. The summed E-state index contributed by atoms with van der Waals surface area (Å²) in [5.74, 6) is 0.299. The number of nitrogens with one attached hydrogen (secondary N) is 1. The number of alkyl halides is 1. The number of aliphatic hydroxyl groups is 1. The van der Waals surface area contributed by atoms with Gasteiger partial charge in [0.05, 0.1) is 12.1 Å². The van der Waals surface area contributed by atoms with E-state index in [0.29, 0.717) is 17.3 Å². The van der Waals surface area contributed by atoms with E-state index in [-0.39, 0.29) is 36.4 Å². The summed E-state index contributed by atoms with van der Waals surface area (Å²) in [6.07, 6.45) is 1.01. The van der Waals surface area contributed by atoms with Crippen LogP contribution in [-0.2, 0) is 11.8 Å². The number of aryl methyl sites for hydroxylation is 1. The Morgan fingerprint density at radius 2 is 1.93 bits per heavy atom. The third-order valence-corrected chi connectivity index (χ3v) is 6.76. The molecule has 2 aromatic heterocycles. The molecule has 4 aromatic rings. The molecule has 0 radical (unpaired) electrons. The van der Waals surface area contributed by atoms with Gasteiger partial charge in [0.1, 0.15) is 30.9 Å². The predicted octanol–water partition coefficient (Wildman–Crippen LogP) is 2.83. The Hall–Kier alpha value is -5.15. The number of rotatable bonds is 7. The number of pyridine rings is 1. The number of hydrogen-bond donors (Lipinski definition) is 2. The van der Waals surface area contributed by atoms with Crippen LogP contribution in [0.4, 0.5) is 16.0 Å². The number of nitriles is 1. The normalized spacial score (nSPS) is 16.6. The fourth-order valence-corrected chi connectivity index (χ4v) is 4.46. The van der Waals surface area contributed by atoms with Crippen LogP contribution in [0.5, 0.6) is 5.75 Å². The lowest BCUT2D eigenvalue weighted by atomic mass is 10.0. The van der Waals surface area contributed by atoms with Gasteiger partial charge >= 0.3 is 0 Å². The Balaban J connectivity index is 1.28. The molecule has 1 aliphatic rings. The Bertz CT molecular complexity index is 1670. The maximum absolute atomic E-state index is 14.7. The number of anilines is 2. The quantitative estimate of drug-likeness (QED) is 0.351. The Morgan fingerprint density at radius 3 is 2.63 bits per heavy atom. The van der Waals surface area contributed by atoms with Gasteiger partial charge in [0.2, 0.25) is 11.9 Å². The molecule has 0 saturated carbocycles. The zero-order chi connectivity index (χ0) is 28.9. The molecule has 41 heavy (non-hydrogen) atoms. The first kappa shape index (κ1) is 27.4. The molecule has 0 spiro atoms. The van der Waals surface area contributed by atoms with Crippen LogP contribution >= 0.6 is 0 Å². The van der Waals surface area contributed by atoms with Gasteiger partial charge in [-0.1, -0.05) is 12.1 Å². The summed E-state index contributed by atoms with van der Waals surface area (Å²) in [6, 6.07) is 17.8. The van der Waals surface area contributed by atoms with E-state index in [1.54, 1.807) is 37.5 Å². The van der Waals surface area contributed by atoms with Crippen molar-refractivity contribution >= 4 is 17.5 Å². The summed E-state index contributed by atoms with van der Waals surface area (Å²) in [7, 11) is 1.70. The minimum atomic E-state index is -1.46. The number of likely N-dealkylation sites (tertiary alicyclic amines) is 1. The number of aromatic nitrogens is 4. The number of hydrogen-bond acceptors (Lipinski definition) is 9. The standard InChI is InChI=1S/C29H26FN7O4/c1-36-10-8-19(13-26(36)39)18-2-5-22(6-3-18)34-29-33-17-32-28(35-29)20-4-7-24(21(12-20)14-31)41-25-9-11-37(15-23(25)30)27(40)16-38/h2-8,10,12-13,17,23,25,38H,9,11,15-16H2,1H3,(H,32,33,34,35)/t23?,25-/m0/s1. The minimum Gasteiger partial charge on any atom is -0.486 e. The van der Waals surface area contributed by atoms with E-state index < -0.39 is 24.8 Å². The lowest BCUT2D eigenvalue weighted by Crippen LogP contribution is -2.50. The molecule has 1 saturated heterocycles. The number of nitrogens with zero attached hydrogens (tertiary/aromatic N) is 6. The number of amides is 1. The Kier molecular flexibility index (Phi) is 7.98. The SMILES string of the molecule is Cn1ccc(-c2ccc(Nc3ncnc(-c4ccc(O[C@H]5CCN(C(=O)CO)CC5F)c(C#N)c4)n3)cc2)cc1=O. The molecule has 1 amide bonds. The summed E-state index contributed by atoms with van der Waals surface area (Å²) in [5, 5.41) is 21.9. The number of carbonyl (C=O) groups excluding carboxylic acids is 1. The lowest BCUT2D eigenvalue weighted by Gasteiger charge is -2.34. The second-order valence-corrected chi connectivity index (χ2v) is 9.48. The number of piperidine rings is 1. The van der Waals surface area contributed by atoms with Crippen molar-refractivity contribution < 1.29 is 19.0 Å². The lowest BCUT2D eigenvalue weighted by molar-refractivity contribution is -0.138. The smallest absolute Gasteiger partial charge is 0.250 e. The Morgan fingerprint density at radius 1 is 1.15 bits per heavy atom. The highest BCUT2D eigenvalue weighted by molar-refractivity contribution is 5.77. The average Bonchev–Trinajstić information content (AvgIpc) is 3.00. The monoisotopic (exact) mass is 555 g/mol. The molecule has 3 heterocycles. The van der Waals surface area contributed by atoms with Crippen molar-refractivity contribution in [3.63, 3.8) is 0 Å². The molecular formula is C29H26FN7O4. The molecule has 12 heteroatoms. The molecule has 1 unspecified atom stereocenters. The highest BCUT2D eigenvalue weighted by Gasteiger charge is 2.33. The van der Waals surface area contributed by atoms with Gasteiger partial charge < -0.3 is 24.6 Å². The van der Waals surface area contributed by atoms with Crippen LogP contribution in [0.1, 0.15) is 12.0 Å². The third kappa shape index (κ3) is 6.21. The van der Waals surface area contributed by atoms with Gasteiger partial charge in [-0.25, -0.2) is 14.4 Å². The van der Waals surface area contributed by atoms with E-state index >= 15 is 0 Å². The van der Waals surface area contributed by atoms with Crippen molar-refractivity contribution in [2.24, 2.45) is 7.05 Å². The van der Waals surface area contributed by atoms with Crippen LogP contribution in [0.3, 0.4) is 0 Å². The number of ether oxygens (including phenoxy) is 1. The van der Waals surface area contributed by atoms with Gasteiger partial charge in [-0.05, 0) is 47.5 Å². The molecule has 2 aromatic carbocycles. The van der Waals surface area contributed by atoms with E-state index in [4.69, 9.17) is 9.84 Å². The molecule has 1 fully saturated rings. The number of halogens is 1. The predicted molar refractivity (Wildman–Crippen MR) is 148 cm³/mol. The van der Waals surface area contributed by atoms with Gasteiger partial charge in [-0.3, -0.25) is 9.59 Å². The average molecular weight is 556 g/mol. The maximum atomic E-state index is 14.7. The van der Waals surface area contributed by atoms with Crippen molar-refractivity contribution in [1.29, 1.82) is 5.26 Å². The van der Waals surface area contributed by atoms with Crippen LogP contribution in [0, 0.1) is 11.3 Å². The topological polar surface area (TPSA) is 146 Å². The van der Waals surface area contributed by atoms with Crippen molar-refractivity contribution in [2.75, 3.05) is 25.0 Å². The van der Waals surface area contributed by atoms with Crippen LogP contribution in [0.25, 0.3) is 22.5 Å². The number of benzene rings is 2.